The second-order valence-electron chi connectivity index (χ2n) is 5.03. The van der Waals surface area contributed by atoms with Gasteiger partial charge >= 0.3 is 0 Å². The molecule has 1 fully saturated rings. The minimum Gasteiger partial charge on any atom is -0.391 e. The Bertz CT molecular complexity index is 213. The molecule has 0 aromatic heterocycles. The molecule has 1 saturated heterocycles. The summed E-state index contributed by atoms with van der Waals surface area (Å²) in [6.07, 6.45) is 3.48. The zero-order valence-electron chi connectivity index (χ0n) is 10.3. The molecule has 0 bridgehead atoms. The fourth-order valence-corrected chi connectivity index (χ4v) is 2.04. The first-order valence-electron chi connectivity index (χ1n) is 6.28. The Balaban J connectivity index is 2.18. The number of carbonyl (C=O) groups excluding carboxylic acids is 1. The minimum absolute atomic E-state index is 0.0301. The van der Waals surface area contributed by atoms with Gasteiger partial charge in [0.25, 0.3) is 0 Å². The Hall–Kier alpha value is -0.610. The molecule has 1 unspecified atom stereocenters. The lowest BCUT2D eigenvalue weighted by atomic mass is 10.0. The molecular formula is C12H24N2O2. The fourth-order valence-electron chi connectivity index (χ4n) is 2.04. The topological polar surface area (TPSA) is 61.4 Å². The van der Waals surface area contributed by atoms with Gasteiger partial charge in [0, 0.05) is 6.54 Å². The van der Waals surface area contributed by atoms with Gasteiger partial charge in [0.1, 0.15) is 0 Å². The minimum atomic E-state index is -0.424. The molecule has 4 nitrogen and oxygen atoms in total. The van der Waals surface area contributed by atoms with Crippen molar-refractivity contribution >= 4 is 5.91 Å². The molecule has 2 atom stereocenters. The van der Waals surface area contributed by atoms with E-state index in [-0.39, 0.29) is 11.9 Å². The van der Waals surface area contributed by atoms with E-state index >= 15 is 0 Å². The van der Waals surface area contributed by atoms with Crippen LogP contribution in [0.4, 0.5) is 0 Å². The second kappa shape index (κ2) is 6.86. The highest BCUT2D eigenvalue weighted by atomic mass is 16.3. The molecule has 1 amide bonds. The second-order valence-corrected chi connectivity index (χ2v) is 5.03. The average molecular weight is 228 g/mol. The number of hydrogen-bond acceptors (Lipinski definition) is 3. The van der Waals surface area contributed by atoms with Gasteiger partial charge in [0.15, 0.2) is 0 Å². The summed E-state index contributed by atoms with van der Waals surface area (Å²) in [5.41, 5.74) is 0. The number of piperidine rings is 1. The molecule has 0 saturated carbocycles. The van der Waals surface area contributed by atoms with Crippen LogP contribution < -0.4 is 10.6 Å². The van der Waals surface area contributed by atoms with Crippen molar-refractivity contribution in [2.24, 2.45) is 5.92 Å². The van der Waals surface area contributed by atoms with E-state index in [1.165, 1.54) is 0 Å². The summed E-state index contributed by atoms with van der Waals surface area (Å²) in [6, 6.07) is -0.0556. The quantitative estimate of drug-likeness (QED) is 0.647. The maximum absolute atomic E-state index is 11.7. The lowest BCUT2D eigenvalue weighted by Crippen LogP contribution is -2.48. The van der Waals surface area contributed by atoms with Crippen molar-refractivity contribution in [2.75, 3.05) is 13.1 Å². The predicted octanol–water partition coefficient (Wildman–Crippen LogP) is 0.652. The van der Waals surface area contributed by atoms with Crippen LogP contribution in [-0.2, 0) is 4.79 Å². The Kier molecular flexibility index (Phi) is 5.77. The third-order valence-corrected chi connectivity index (χ3v) is 2.88. The number of carbonyl (C=O) groups is 1. The molecule has 1 rings (SSSR count). The third kappa shape index (κ3) is 4.94. The lowest BCUT2D eigenvalue weighted by molar-refractivity contribution is -0.124. The molecule has 1 aliphatic rings. The maximum Gasteiger partial charge on any atom is 0.237 e. The van der Waals surface area contributed by atoms with E-state index < -0.39 is 6.10 Å². The van der Waals surface area contributed by atoms with Crippen LogP contribution in [0, 0.1) is 5.92 Å². The summed E-state index contributed by atoms with van der Waals surface area (Å²) in [4.78, 5) is 11.7. The van der Waals surface area contributed by atoms with Gasteiger partial charge in [-0.05, 0) is 31.7 Å². The van der Waals surface area contributed by atoms with E-state index in [2.05, 4.69) is 24.5 Å². The molecule has 4 heteroatoms. The van der Waals surface area contributed by atoms with Gasteiger partial charge in [-0.3, -0.25) is 4.79 Å². The lowest BCUT2D eigenvalue weighted by Gasteiger charge is -2.23. The van der Waals surface area contributed by atoms with Gasteiger partial charge < -0.3 is 15.7 Å². The van der Waals surface area contributed by atoms with Crippen molar-refractivity contribution in [1.29, 1.82) is 0 Å². The SMILES string of the molecule is CC(C)CC(O)CNC(=O)[C@@H]1CCCCN1. The zero-order chi connectivity index (χ0) is 12.0. The zero-order valence-corrected chi connectivity index (χ0v) is 10.3. The van der Waals surface area contributed by atoms with E-state index in [1.54, 1.807) is 0 Å². The van der Waals surface area contributed by atoms with Crippen LogP contribution >= 0.6 is 0 Å². The van der Waals surface area contributed by atoms with Crippen LogP contribution in [0.25, 0.3) is 0 Å². The Morgan fingerprint density at radius 1 is 1.50 bits per heavy atom. The van der Waals surface area contributed by atoms with E-state index in [0.717, 1.165) is 32.2 Å². The summed E-state index contributed by atoms with van der Waals surface area (Å²) < 4.78 is 0. The summed E-state index contributed by atoms with van der Waals surface area (Å²) in [5.74, 6) is 0.488. The van der Waals surface area contributed by atoms with E-state index in [1.807, 2.05) is 0 Å². The molecule has 0 aromatic carbocycles. The number of rotatable bonds is 5. The monoisotopic (exact) mass is 228 g/mol. The highest BCUT2D eigenvalue weighted by Crippen LogP contribution is 2.07. The first-order valence-corrected chi connectivity index (χ1v) is 6.28. The van der Waals surface area contributed by atoms with Gasteiger partial charge in [-0.1, -0.05) is 20.3 Å². The van der Waals surface area contributed by atoms with Gasteiger partial charge in [-0.15, -0.1) is 0 Å². The van der Waals surface area contributed by atoms with E-state index in [4.69, 9.17) is 0 Å². The summed E-state index contributed by atoms with van der Waals surface area (Å²) in [6.45, 7) is 5.42. The summed E-state index contributed by atoms with van der Waals surface area (Å²) in [7, 11) is 0. The van der Waals surface area contributed by atoms with Crippen LogP contribution in [-0.4, -0.2) is 36.2 Å². The van der Waals surface area contributed by atoms with Crippen molar-refractivity contribution in [2.45, 2.75) is 51.7 Å². The molecule has 1 aliphatic heterocycles. The van der Waals surface area contributed by atoms with Crippen LogP contribution in [0.2, 0.25) is 0 Å². The van der Waals surface area contributed by atoms with Crippen LogP contribution in [0.3, 0.4) is 0 Å². The number of nitrogens with one attached hydrogen (secondary N) is 2. The average Bonchev–Trinajstić information content (AvgIpc) is 2.26. The number of aliphatic hydroxyl groups excluding tert-OH is 1. The Morgan fingerprint density at radius 3 is 2.81 bits per heavy atom. The molecule has 0 aromatic rings. The number of hydrogen-bond donors (Lipinski definition) is 3. The number of amides is 1. The van der Waals surface area contributed by atoms with Gasteiger partial charge in [-0.2, -0.15) is 0 Å². The summed E-state index contributed by atoms with van der Waals surface area (Å²) >= 11 is 0. The molecule has 0 spiro atoms. The third-order valence-electron chi connectivity index (χ3n) is 2.88. The van der Waals surface area contributed by atoms with E-state index in [9.17, 15) is 9.90 Å². The van der Waals surface area contributed by atoms with Gasteiger partial charge in [0.05, 0.1) is 12.1 Å². The van der Waals surface area contributed by atoms with Crippen molar-refractivity contribution in [3.05, 3.63) is 0 Å². The highest BCUT2D eigenvalue weighted by Gasteiger charge is 2.20. The molecule has 3 N–H and O–H groups in total. The van der Waals surface area contributed by atoms with E-state index in [0.29, 0.717) is 12.5 Å². The molecule has 94 valence electrons. The van der Waals surface area contributed by atoms with Crippen molar-refractivity contribution in [3.63, 3.8) is 0 Å². The van der Waals surface area contributed by atoms with Crippen LogP contribution in [0.15, 0.2) is 0 Å². The fraction of sp³-hybridized carbons (Fsp3) is 0.917. The summed E-state index contributed by atoms with van der Waals surface area (Å²) in [5, 5.41) is 15.6. The van der Waals surface area contributed by atoms with Crippen molar-refractivity contribution in [1.82, 2.24) is 10.6 Å². The first-order chi connectivity index (χ1) is 7.59. The standard InChI is InChI=1S/C12H24N2O2/c1-9(2)7-10(15)8-14-12(16)11-5-3-4-6-13-11/h9-11,13,15H,3-8H2,1-2H3,(H,14,16)/t10?,11-/m0/s1. The Morgan fingerprint density at radius 2 is 2.25 bits per heavy atom. The van der Waals surface area contributed by atoms with Gasteiger partial charge in [0.2, 0.25) is 5.91 Å². The highest BCUT2D eigenvalue weighted by molar-refractivity contribution is 5.81. The molecular weight excluding hydrogens is 204 g/mol. The maximum atomic E-state index is 11.7. The van der Waals surface area contributed by atoms with Crippen molar-refractivity contribution < 1.29 is 9.90 Å². The van der Waals surface area contributed by atoms with Crippen LogP contribution in [0.5, 0.6) is 0 Å². The largest absolute Gasteiger partial charge is 0.391 e. The molecule has 0 aliphatic carbocycles. The molecule has 1 heterocycles. The number of aliphatic hydroxyl groups is 1. The van der Waals surface area contributed by atoms with Crippen molar-refractivity contribution in [3.8, 4) is 0 Å². The van der Waals surface area contributed by atoms with Gasteiger partial charge in [-0.25, -0.2) is 0 Å². The first kappa shape index (κ1) is 13.5. The Labute approximate surface area is 97.8 Å². The molecule has 0 radical (unpaired) electrons. The molecule has 16 heavy (non-hydrogen) atoms. The van der Waals surface area contributed by atoms with Crippen LogP contribution in [0.1, 0.15) is 39.5 Å². The predicted molar refractivity (Wildman–Crippen MR) is 64.1 cm³/mol. The smallest absolute Gasteiger partial charge is 0.237 e. The normalized spacial score (nSPS) is 23.1.